The van der Waals surface area contributed by atoms with E-state index in [2.05, 4.69) is 6.92 Å². The Balaban J connectivity index is 1.67. The van der Waals surface area contributed by atoms with Gasteiger partial charge in [-0.15, -0.1) is 0 Å². The van der Waals surface area contributed by atoms with E-state index in [1.165, 1.54) is 56.9 Å². The van der Waals surface area contributed by atoms with Crippen LogP contribution < -0.4 is 0 Å². The third kappa shape index (κ3) is 5.62. The normalized spacial score (nSPS) is 20.1. The number of hydrogen-bond acceptors (Lipinski definition) is 0. The average molecular weight is 471 g/mol. The first kappa shape index (κ1) is 22.3. The van der Waals surface area contributed by atoms with Crippen LogP contribution in [0.3, 0.4) is 0 Å². The molecule has 0 atom stereocenters. The van der Waals surface area contributed by atoms with Crippen LogP contribution in [0.2, 0.25) is 0 Å². The van der Waals surface area contributed by atoms with Gasteiger partial charge in [-0.1, -0.05) is 56.9 Å². The quantitative estimate of drug-likeness (QED) is 0.215. The number of rotatable bonds is 7. The number of benzene rings is 2. The third-order valence-corrected chi connectivity index (χ3v) is 6.50. The topological polar surface area (TPSA) is 0 Å². The lowest BCUT2D eigenvalue weighted by atomic mass is 9.77. The van der Waals surface area contributed by atoms with Gasteiger partial charge >= 0.3 is 4.83 Å². The van der Waals surface area contributed by atoms with Crippen LogP contribution in [0, 0.1) is 17.6 Å². The van der Waals surface area contributed by atoms with Gasteiger partial charge in [-0.25, -0.2) is 8.78 Å². The van der Waals surface area contributed by atoms with Crippen LogP contribution in [-0.2, 0) is 4.83 Å². The minimum absolute atomic E-state index is 0.256. The highest BCUT2D eigenvalue weighted by Gasteiger charge is 2.35. The van der Waals surface area contributed by atoms with Gasteiger partial charge in [0.1, 0.15) is 17.2 Å². The Bertz CT molecular complexity index is 780. The van der Waals surface area contributed by atoms with Crippen LogP contribution in [0.25, 0.3) is 11.1 Å². The first-order valence-corrected chi connectivity index (χ1v) is 11.3. The second-order valence-electron chi connectivity index (χ2n) is 8.15. The molecule has 158 valence electrons. The summed E-state index contributed by atoms with van der Waals surface area (Å²) in [7, 11) is 0. The lowest BCUT2D eigenvalue weighted by Gasteiger charge is -2.29. The van der Waals surface area contributed by atoms with E-state index in [1.54, 1.807) is 0 Å². The summed E-state index contributed by atoms with van der Waals surface area (Å²) in [6.07, 6.45) is 10.1. The predicted molar refractivity (Wildman–Crippen MR) is 113 cm³/mol. The number of unbranched alkanes of at least 4 members (excludes halogenated alkanes) is 2. The monoisotopic (exact) mass is 470 g/mol. The molecule has 3 rings (SSSR count). The molecular formula is C24H27BrF4. The number of hydrogen-bond donors (Lipinski definition) is 0. The Labute approximate surface area is 178 Å². The summed E-state index contributed by atoms with van der Waals surface area (Å²) in [5.41, 5.74) is 0.856. The van der Waals surface area contributed by atoms with Crippen molar-refractivity contribution in [3.05, 3.63) is 59.2 Å². The molecular weight excluding hydrogens is 444 g/mol. The molecule has 1 saturated carbocycles. The highest BCUT2D eigenvalue weighted by atomic mass is 79.9. The summed E-state index contributed by atoms with van der Waals surface area (Å²) < 4.78 is 54.8. The molecule has 0 N–H and O–H groups in total. The molecule has 0 bridgehead atoms. The zero-order valence-electron chi connectivity index (χ0n) is 16.7. The van der Waals surface area contributed by atoms with Gasteiger partial charge in [0.15, 0.2) is 0 Å². The average Bonchev–Trinajstić information content (AvgIpc) is 2.67. The summed E-state index contributed by atoms with van der Waals surface area (Å²) in [6, 6.07) is 9.57. The highest BCUT2D eigenvalue weighted by molar-refractivity contribution is 9.09. The van der Waals surface area contributed by atoms with E-state index in [0.29, 0.717) is 11.5 Å². The van der Waals surface area contributed by atoms with Crippen molar-refractivity contribution in [3.63, 3.8) is 0 Å². The van der Waals surface area contributed by atoms with Gasteiger partial charge in [-0.3, -0.25) is 0 Å². The van der Waals surface area contributed by atoms with Crippen molar-refractivity contribution in [3.8, 4) is 11.1 Å². The Morgan fingerprint density at radius 2 is 1.48 bits per heavy atom. The summed E-state index contributed by atoms with van der Waals surface area (Å²) in [5, 5.41) is 0. The second-order valence-corrected chi connectivity index (χ2v) is 9.14. The van der Waals surface area contributed by atoms with Crippen LogP contribution >= 0.6 is 15.9 Å². The summed E-state index contributed by atoms with van der Waals surface area (Å²) >= 11 is 2.03. The van der Waals surface area contributed by atoms with E-state index in [0.717, 1.165) is 18.1 Å². The molecule has 5 heteroatoms. The van der Waals surface area contributed by atoms with Crippen molar-refractivity contribution in [1.29, 1.82) is 0 Å². The van der Waals surface area contributed by atoms with Gasteiger partial charge < -0.3 is 0 Å². The standard InChI is InChI=1S/C24H27BrF4/c1-2-3-4-5-16-6-8-17(9-7-16)18-10-12-19(13-11-18)20-14-21(26)23(22(27)15-20)24(25,28)29/h10-17H,2-9H2,1H3. The summed E-state index contributed by atoms with van der Waals surface area (Å²) in [6.45, 7) is 2.23. The van der Waals surface area contributed by atoms with Gasteiger partial charge in [0, 0.05) is 0 Å². The Hall–Kier alpha value is -1.36. The maximum Gasteiger partial charge on any atom is 0.332 e. The van der Waals surface area contributed by atoms with Crippen LogP contribution in [0.1, 0.15) is 75.3 Å². The first-order valence-electron chi connectivity index (χ1n) is 10.5. The van der Waals surface area contributed by atoms with Gasteiger partial charge in [0.25, 0.3) is 0 Å². The molecule has 0 heterocycles. The van der Waals surface area contributed by atoms with Crippen molar-refractivity contribution in [2.24, 2.45) is 5.92 Å². The van der Waals surface area contributed by atoms with Crippen LogP contribution in [0.4, 0.5) is 17.6 Å². The largest absolute Gasteiger partial charge is 0.332 e. The minimum Gasteiger partial charge on any atom is -0.206 e. The molecule has 0 aliphatic heterocycles. The maximum absolute atomic E-state index is 14.1. The van der Waals surface area contributed by atoms with Crippen LogP contribution in [-0.4, -0.2) is 0 Å². The smallest absolute Gasteiger partial charge is 0.206 e. The molecule has 0 amide bonds. The van der Waals surface area contributed by atoms with E-state index in [-0.39, 0.29) is 5.56 Å². The molecule has 2 aromatic carbocycles. The third-order valence-electron chi connectivity index (χ3n) is 6.10. The Morgan fingerprint density at radius 3 is 2.00 bits per heavy atom. The molecule has 1 aliphatic rings. The molecule has 1 fully saturated rings. The van der Waals surface area contributed by atoms with Crippen molar-refractivity contribution >= 4 is 15.9 Å². The fraction of sp³-hybridized carbons (Fsp3) is 0.500. The lowest BCUT2D eigenvalue weighted by Crippen LogP contribution is -2.13. The molecule has 0 aromatic heterocycles. The fourth-order valence-electron chi connectivity index (χ4n) is 4.43. The Kier molecular flexibility index (Phi) is 7.42. The van der Waals surface area contributed by atoms with E-state index in [1.807, 2.05) is 40.2 Å². The first-order chi connectivity index (χ1) is 13.8. The van der Waals surface area contributed by atoms with Crippen molar-refractivity contribution in [1.82, 2.24) is 0 Å². The zero-order chi connectivity index (χ0) is 21.0. The van der Waals surface area contributed by atoms with Gasteiger partial charge in [-0.2, -0.15) is 8.78 Å². The molecule has 0 unspecified atom stereocenters. The highest BCUT2D eigenvalue weighted by Crippen LogP contribution is 2.40. The van der Waals surface area contributed by atoms with E-state index < -0.39 is 22.0 Å². The molecule has 2 aromatic rings. The molecule has 29 heavy (non-hydrogen) atoms. The van der Waals surface area contributed by atoms with Gasteiger partial charge in [0.2, 0.25) is 0 Å². The maximum atomic E-state index is 14.1. The minimum atomic E-state index is -3.74. The van der Waals surface area contributed by atoms with E-state index >= 15 is 0 Å². The fourth-order valence-corrected chi connectivity index (χ4v) is 4.80. The molecule has 0 radical (unpaired) electrons. The zero-order valence-corrected chi connectivity index (χ0v) is 18.3. The Morgan fingerprint density at radius 1 is 0.897 bits per heavy atom. The summed E-state index contributed by atoms with van der Waals surface area (Å²) in [5.74, 6) is -1.15. The van der Waals surface area contributed by atoms with Crippen LogP contribution in [0.5, 0.6) is 0 Å². The van der Waals surface area contributed by atoms with Crippen molar-refractivity contribution < 1.29 is 17.6 Å². The lowest BCUT2D eigenvalue weighted by molar-refractivity contribution is 0.105. The van der Waals surface area contributed by atoms with Crippen molar-refractivity contribution in [2.75, 3.05) is 0 Å². The molecule has 0 spiro atoms. The number of halogens is 5. The van der Waals surface area contributed by atoms with Gasteiger partial charge in [-0.05, 0) is 82.3 Å². The molecule has 0 nitrogen and oxygen atoms in total. The van der Waals surface area contributed by atoms with E-state index in [4.69, 9.17) is 0 Å². The summed E-state index contributed by atoms with van der Waals surface area (Å²) in [4.78, 5) is -3.74. The van der Waals surface area contributed by atoms with Crippen LogP contribution in [0.15, 0.2) is 36.4 Å². The second kappa shape index (κ2) is 9.63. The van der Waals surface area contributed by atoms with Gasteiger partial charge in [0.05, 0.1) is 0 Å². The number of alkyl halides is 3. The predicted octanol–water partition coefficient (Wildman–Crippen LogP) is 8.93. The van der Waals surface area contributed by atoms with E-state index in [9.17, 15) is 17.6 Å². The molecule has 0 saturated heterocycles. The SMILES string of the molecule is CCCCCC1CCC(c2ccc(-c3cc(F)c(C(F)(F)Br)c(F)c3)cc2)CC1. The molecule has 1 aliphatic carbocycles. The van der Waals surface area contributed by atoms with Crippen molar-refractivity contribution in [2.45, 2.75) is 69.0 Å².